The summed E-state index contributed by atoms with van der Waals surface area (Å²) in [6.07, 6.45) is 1.99. The van der Waals surface area contributed by atoms with Crippen LogP contribution in [0.15, 0.2) is 42.6 Å². The van der Waals surface area contributed by atoms with Gasteiger partial charge in [-0.2, -0.15) is 10.1 Å². The molecule has 2 aromatic carbocycles. The summed E-state index contributed by atoms with van der Waals surface area (Å²) >= 11 is 0. The lowest BCUT2D eigenvalue weighted by Gasteiger charge is -2.15. The van der Waals surface area contributed by atoms with Crippen molar-refractivity contribution in [3.63, 3.8) is 0 Å². The SMILES string of the molecule is COc1cc(Nc2cnnc(NCCc3ccccc3F)n2)cc(OC)c1OC. The molecule has 0 amide bonds. The van der Waals surface area contributed by atoms with Gasteiger partial charge in [0, 0.05) is 24.4 Å². The Kier molecular flexibility index (Phi) is 6.62. The molecule has 0 aliphatic heterocycles. The minimum Gasteiger partial charge on any atom is -0.493 e. The quantitative estimate of drug-likeness (QED) is 0.566. The van der Waals surface area contributed by atoms with E-state index in [4.69, 9.17) is 14.2 Å². The van der Waals surface area contributed by atoms with Gasteiger partial charge in [0.1, 0.15) is 5.82 Å². The van der Waals surface area contributed by atoms with Gasteiger partial charge in [0.05, 0.1) is 27.5 Å². The number of hydrogen-bond acceptors (Lipinski definition) is 8. The van der Waals surface area contributed by atoms with E-state index in [0.717, 1.165) is 0 Å². The summed E-state index contributed by atoms with van der Waals surface area (Å²) in [6, 6.07) is 10.2. The van der Waals surface area contributed by atoms with Gasteiger partial charge in [-0.25, -0.2) is 4.39 Å². The lowest BCUT2D eigenvalue weighted by Crippen LogP contribution is -2.10. The van der Waals surface area contributed by atoms with Crippen LogP contribution in [0.25, 0.3) is 0 Å². The van der Waals surface area contributed by atoms with Crippen LogP contribution >= 0.6 is 0 Å². The van der Waals surface area contributed by atoms with Gasteiger partial charge in [-0.1, -0.05) is 18.2 Å². The number of ether oxygens (including phenoxy) is 3. The van der Waals surface area contributed by atoms with Crippen molar-refractivity contribution in [3.05, 3.63) is 54.0 Å². The maximum atomic E-state index is 13.7. The molecule has 0 unspecified atom stereocenters. The van der Waals surface area contributed by atoms with E-state index >= 15 is 0 Å². The highest BCUT2D eigenvalue weighted by Crippen LogP contribution is 2.40. The fraction of sp³-hybridized carbons (Fsp3) is 0.250. The molecule has 152 valence electrons. The Labute approximate surface area is 168 Å². The molecule has 0 atom stereocenters. The molecule has 9 heteroatoms. The largest absolute Gasteiger partial charge is 0.493 e. The number of hydrogen-bond donors (Lipinski definition) is 2. The highest BCUT2D eigenvalue weighted by molar-refractivity contribution is 5.66. The molecule has 0 aliphatic carbocycles. The average molecular weight is 399 g/mol. The van der Waals surface area contributed by atoms with Crippen molar-refractivity contribution in [3.8, 4) is 17.2 Å². The molecule has 0 saturated carbocycles. The van der Waals surface area contributed by atoms with Crippen molar-refractivity contribution < 1.29 is 18.6 Å². The zero-order valence-corrected chi connectivity index (χ0v) is 16.4. The van der Waals surface area contributed by atoms with Crippen molar-refractivity contribution >= 4 is 17.5 Å². The number of nitrogens with zero attached hydrogens (tertiary/aromatic N) is 3. The normalized spacial score (nSPS) is 10.3. The lowest BCUT2D eigenvalue weighted by molar-refractivity contribution is 0.324. The number of nitrogens with one attached hydrogen (secondary N) is 2. The summed E-state index contributed by atoms with van der Waals surface area (Å²) in [7, 11) is 4.64. The Morgan fingerprint density at radius 2 is 1.72 bits per heavy atom. The highest BCUT2D eigenvalue weighted by atomic mass is 19.1. The number of halogens is 1. The number of benzene rings is 2. The molecule has 29 heavy (non-hydrogen) atoms. The van der Waals surface area contributed by atoms with Crippen molar-refractivity contribution in [1.82, 2.24) is 15.2 Å². The van der Waals surface area contributed by atoms with Gasteiger partial charge >= 0.3 is 0 Å². The zero-order chi connectivity index (χ0) is 20.6. The van der Waals surface area contributed by atoms with Gasteiger partial charge in [0.15, 0.2) is 17.3 Å². The first-order chi connectivity index (χ1) is 14.1. The summed E-state index contributed by atoms with van der Waals surface area (Å²) in [4.78, 5) is 4.37. The van der Waals surface area contributed by atoms with Gasteiger partial charge < -0.3 is 24.8 Å². The molecular formula is C20H22FN5O3. The molecule has 0 bridgehead atoms. The van der Waals surface area contributed by atoms with Crippen molar-refractivity contribution in [1.29, 1.82) is 0 Å². The smallest absolute Gasteiger partial charge is 0.244 e. The Balaban J connectivity index is 1.69. The standard InChI is InChI=1S/C20H22FN5O3/c1-27-16-10-14(11-17(28-2)19(16)29-3)24-18-12-23-26-20(25-18)22-9-8-13-6-4-5-7-15(13)21/h4-7,10-12H,8-9H2,1-3H3,(H2,22,24,25,26). The molecule has 2 N–H and O–H groups in total. The van der Waals surface area contributed by atoms with Crippen LogP contribution in [-0.2, 0) is 6.42 Å². The summed E-state index contributed by atoms with van der Waals surface area (Å²) in [5.41, 5.74) is 1.30. The Morgan fingerprint density at radius 1 is 1.00 bits per heavy atom. The van der Waals surface area contributed by atoms with E-state index in [9.17, 15) is 4.39 Å². The molecule has 1 heterocycles. The molecule has 0 aliphatic rings. The lowest BCUT2D eigenvalue weighted by atomic mass is 10.1. The second kappa shape index (κ2) is 9.54. The van der Waals surface area contributed by atoms with E-state index in [-0.39, 0.29) is 5.82 Å². The maximum absolute atomic E-state index is 13.7. The molecule has 0 saturated heterocycles. The fourth-order valence-electron chi connectivity index (χ4n) is 2.75. The third kappa shape index (κ3) is 5.01. The molecule has 0 spiro atoms. The van der Waals surface area contributed by atoms with Crippen LogP contribution in [0.4, 0.5) is 21.8 Å². The third-order valence-corrected chi connectivity index (χ3v) is 4.13. The van der Waals surface area contributed by atoms with E-state index in [1.807, 2.05) is 0 Å². The highest BCUT2D eigenvalue weighted by Gasteiger charge is 2.14. The van der Waals surface area contributed by atoms with Gasteiger partial charge in [-0.3, -0.25) is 0 Å². The van der Waals surface area contributed by atoms with Gasteiger partial charge in [-0.05, 0) is 18.1 Å². The van der Waals surface area contributed by atoms with Crippen LogP contribution in [0.5, 0.6) is 17.2 Å². The van der Waals surface area contributed by atoms with E-state index in [1.54, 1.807) is 51.7 Å². The Morgan fingerprint density at radius 3 is 2.38 bits per heavy atom. The summed E-state index contributed by atoms with van der Waals surface area (Å²) in [5.74, 6) is 2.10. The molecule has 8 nitrogen and oxygen atoms in total. The number of aromatic nitrogens is 3. The Hall–Kier alpha value is -3.62. The van der Waals surface area contributed by atoms with Crippen LogP contribution in [0.2, 0.25) is 0 Å². The van der Waals surface area contributed by atoms with Crippen LogP contribution in [0.3, 0.4) is 0 Å². The summed E-state index contributed by atoms with van der Waals surface area (Å²) < 4.78 is 29.7. The minimum atomic E-state index is -0.230. The van der Waals surface area contributed by atoms with Gasteiger partial charge in [-0.15, -0.1) is 5.10 Å². The molecule has 3 rings (SSSR count). The summed E-state index contributed by atoms with van der Waals surface area (Å²) in [6.45, 7) is 0.469. The fourth-order valence-corrected chi connectivity index (χ4v) is 2.75. The Bertz CT molecular complexity index is 945. The second-order valence-corrected chi connectivity index (χ2v) is 5.97. The molecule has 0 fully saturated rings. The number of rotatable bonds is 9. The average Bonchev–Trinajstić information content (AvgIpc) is 2.74. The molecule has 3 aromatic rings. The van der Waals surface area contributed by atoms with Gasteiger partial charge in [0.25, 0.3) is 0 Å². The number of anilines is 3. The molecule has 0 radical (unpaired) electrons. The van der Waals surface area contributed by atoms with E-state index < -0.39 is 0 Å². The monoisotopic (exact) mass is 399 g/mol. The first-order valence-corrected chi connectivity index (χ1v) is 8.88. The third-order valence-electron chi connectivity index (χ3n) is 4.13. The zero-order valence-electron chi connectivity index (χ0n) is 16.4. The van der Waals surface area contributed by atoms with Crippen LogP contribution in [0.1, 0.15) is 5.56 Å². The van der Waals surface area contributed by atoms with Crippen molar-refractivity contribution in [2.45, 2.75) is 6.42 Å². The summed E-state index contributed by atoms with van der Waals surface area (Å²) in [5, 5.41) is 14.1. The predicted octanol–water partition coefficient (Wildman–Crippen LogP) is 3.43. The first-order valence-electron chi connectivity index (χ1n) is 8.88. The van der Waals surface area contributed by atoms with Crippen LogP contribution < -0.4 is 24.8 Å². The molecular weight excluding hydrogens is 377 g/mol. The van der Waals surface area contributed by atoms with Crippen molar-refractivity contribution in [2.24, 2.45) is 0 Å². The first kappa shape index (κ1) is 20.1. The van der Waals surface area contributed by atoms with Crippen LogP contribution in [0, 0.1) is 5.82 Å². The molecule has 1 aromatic heterocycles. The second-order valence-electron chi connectivity index (χ2n) is 5.97. The topological polar surface area (TPSA) is 90.4 Å². The number of methoxy groups -OCH3 is 3. The minimum absolute atomic E-state index is 0.230. The van der Waals surface area contributed by atoms with Crippen LogP contribution in [-0.4, -0.2) is 43.1 Å². The van der Waals surface area contributed by atoms with Gasteiger partial charge in [0.2, 0.25) is 11.7 Å². The maximum Gasteiger partial charge on any atom is 0.244 e. The van der Waals surface area contributed by atoms with E-state index in [0.29, 0.717) is 53.2 Å². The van der Waals surface area contributed by atoms with E-state index in [2.05, 4.69) is 25.8 Å². The van der Waals surface area contributed by atoms with Crippen molar-refractivity contribution in [2.75, 3.05) is 38.5 Å². The van der Waals surface area contributed by atoms with E-state index in [1.165, 1.54) is 12.3 Å². The predicted molar refractivity (Wildman–Crippen MR) is 108 cm³/mol.